The van der Waals surface area contributed by atoms with Gasteiger partial charge in [0.2, 0.25) is 5.91 Å². The summed E-state index contributed by atoms with van der Waals surface area (Å²) in [6, 6.07) is 23.4. The van der Waals surface area contributed by atoms with Crippen LogP contribution in [-0.2, 0) is 11.2 Å². The normalized spacial score (nSPS) is 19.4. The highest BCUT2D eigenvalue weighted by Gasteiger charge is 2.46. The number of rotatable bonds is 7. The Morgan fingerprint density at radius 3 is 2.27 bits per heavy atom. The van der Waals surface area contributed by atoms with Crippen LogP contribution in [-0.4, -0.2) is 35.2 Å². The summed E-state index contributed by atoms with van der Waals surface area (Å²) in [4.78, 5) is 52.1. The first-order valence-electron chi connectivity index (χ1n) is 12.8. The highest BCUT2D eigenvalue weighted by molar-refractivity contribution is 6.01. The fraction of sp³-hybridized carbons (Fsp3) is 0.300. The minimum atomic E-state index is -0.848. The second-order valence-electron chi connectivity index (χ2n) is 9.71. The van der Waals surface area contributed by atoms with Crippen LogP contribution in [0.25, 0.3) is 0 Å². The largest absolute Gasteiger partial charge is 0.355 e. The van der Waals surface area contributed by atoms with E-state index in [1.54, 1.807) is 30.3 Å². The van der Waals surface area contributed by atoms with Crippen LogP contribution in [0.3, 0.4) is 0 Å². The molecule has 0 bridgehead atoms. The lowest BCUT2D eigenvalue weighted by Crippen LogP contribution is -2.51. The van der Waals surface area contributed by atoms with Crippen molar-refractivity contribution in [3.05, 3.63) is 112 Å². The van der Waals surface area contributed by atoms with Gasteiger partial charge in [-0.25, -0.2) is 0 Å². The third kappa shape index (κ3) is 4.94. The van der Waals surface area contributed by atoms with Gasteiger partial charge in [0.15, 0.2) is 0 Å². The molecule has 1 saturated carbocycles. The molecule has 3 aromatic carbocycles. The zero-order chi connectivity index (χ0) is 25.8. The van der Waals surface area contributed by atoms with Crippen LogP contribution < -0.4 is 5.32 Å². The van der Waals surface area contributed by atoms with Crippen LogP contribution in [0.15, 0.2) is 84.0 Å². The van der Waals surface area contributed by atoms with Gasteiger partial charge in [0.25, 0.3) is 5.91 Å². The predicted octanol–water partition coefficient (Wildman–Crippen LogP) is 5.18. The molecule has 0 spiro atoms. The van der Waals surface area contributed by atoms with Crippen molar-refractivity contribution in [2.24, 2.45) is 5.18 Å². The number of hydrogen-bond donors (Lipinski definition) is 1. The van der Waals surface area contributed by atoms with Crippen molar-refractivity contribution in [1.29, 1.82) is 0 Å². The summed E-state index contributed by atoms with van der Waals surface area (Å²) in [5.74, 6) is -1.68. The highest BCUT2D eigenvalue weighted by Crippen LogP contribution is 2.46. The number of nitrogens with one attached hydrogen (secondary N) is 1. The summed E-state index contributed by atoms with van der Waals surface area (Å²) in [5, 5.41) is 5.62. The van der Waals surface area contributed by atoms with Gasteiger partial charge in [-0.2, -0.15) is 0 Å². The number of amides is 3. The topological polar surface area (TPSA) is 95.9 Å². The average molecular weight is 496 g/mol. The SMILES string of the molecule is O=NC(=O)c1ccc([C@H]2[C@H](C(=O)NCCc3ccccc3)c3ccccc3C(=O)N2C2CCCC2)cc1. The molecule has 0 unspecified atom stereocenters. The van der Waals surface area contributed by atoms with E-state index in [4.69, 9.17) is 0 Å². The van der Waals surface area contributed by atoms with Crippen molar-refractivity contribution in [3.63, 3.8) is 0 Å². The molecule has 0 saturated heterocycles. The second kappa shape index (κ2) is 10.9. The fourth-order valence-corrected chi connectivity index (χ4v) is 5.73. The smallest absolute Gasteiger partial charge is 0.316 e. The summed E-state index contributed by atoms with van der Waals surface area (Å²) < 4.78 is 0. The third-order valence-electron chi connectivity index (χ3n) is 7.51. The quantitative estimate of drug-likeness (QED) is 0.457. The number of carbonyl (C=O) groups is 3. The average Bonchev–Trinajstić information content (AvgIpc) is 3.48. The summed E-state index contributed by atoms with van der Waals surface area (Å²) in [6.45, 7) is 0.476. The summed E-state index contributed by atoms with van der Waals surface area (Å²) in [6.07, 6.45) is 4.55. The second-order valence-corrected chi connectivity index (χ2v) is 9.71. The molecule has 7 heteroatoms. The van der Waals surface area contributed by atoms with E-state index in [1.165, 1.54) is 0 Å². The van der Waals surface area contributed by atoms with E-state index in [1.807, 2.05) is 53.4 Å². The first kappa shape index (κ1) is 24.6. The van der Waals surface area contributed by atoms with Crippen molar-refractivity contribution in [2.45, 2.75) is 50.1 Å². The molecule has 1 fully saturated rings. The van der Waals surface area contributed by atoms with Crippen molar-refractivity contribution in [3.8, 4) is 0 Å². The van der Waals surface area contributed by atoms with Gasteiger partial charge in [0, 0.05) is 28.9 Å². The number of benzene rings is 3. The third-order valence-corrected chi connectivity index (χ3v) is 7.51. The standard InChI is InChI=1S/C30H29N3O4/c34-28(32-37)22-16-14-21(15-17-22)27-26(29(35)31-19-18-20-8-2-1-3-9-20)24-12-6-7-13-25(24)30(36)33(27)23-10-4-5-11-23/h1-3,6-9,12-17,23,26-27H,4-5,10-11,18-19H2,(H,31,35)/t26-,27+/m1/s1. The molecule has 7 nitrogen and oxygen atoms in total. The molecule has 2 aliphatic rings. The molecule has 1 heterocycles. The van der Waals surface area contributed by atoms with Crippen LogP contribution in [0.5, 0.6) is 0 Å². The minimum Gasteiger partial charge on any atom is -0.355 e. The van der Waals surface area contributed by atoms with Crippen molar-refractivity contribution >= 4 is 17.7 Å². The molecule has 1 N–H and O–H groups in total. The lowest BCUT2D eigenvalue weighted by Gasteiger charge is -2.45. The lowest BCUT2D eigenvalue weighted by atomic mass is 9.78. The molecule has 0 radical (unpaired) electrons. The fourth-order valence-electron chi connectivity index (χ4n) is 5.73. The number of carbonyl (C=O) groups excluding carboxylic acids is 3. The van der Waals surface area contributed by atoms with Gasteiger partial charge in [0.1, 0.15) is 0 Å². The Balaban J connectivity index is 1.53. The van der Waals surface area contributed by atoms with E-state index < -0.39 is 17.9 Å². The maximum Gasteiger partial charge on any atom is 0.316 e. The van der Waals surface area contributed by atoms with Crippen molar-refractivity contribution in [1.82, 2.24) is 10.2 Å². The first-order valence-corrected chi connectivity index (χ1v) is 12.8. The lowest BCUT2D eigenvalue weighted by molar-refractivity contribution is -0.124. The Hall–Kier alpha value is -4.13. The van der Waals surface area contributed by atoms with Gasteiger partial charge >= 0.3 is 5.91 Å². The zero-order valence-corrected chi connectivity index (χ0v) is 20.5. The molecule has 188 valence electrons. The molecule has 3 amide bonds. The minimum absolute atomic E-state index is 0.0309. The molecule has 37 heavy (non-hydrogen) atoms. The zero-order valence-electron chi connectivity index (χ0n) is 20.5. The van der Waals surface area contributed by atoms with E-state index in [0.29, 0.717) is 24.1 Å². The molecular formula is C30H29N3O4. The van der Waals surface area contributed by atoms with E-state index in [9.17, 15) is 19.3 Å². The van der Waals surface area contributed by atoms with Gasteiger partial charge in [-0.15, -0.1) is 4.91 Å². The summed E-state index contributed by atoms with van der Waals surface area (Å²) in [7, 11) is 0. The molecule has 2 atom stereocenters. The van der Waals surface area contributed by atoms with Crippen molar-refractivity contribution < 1.29 is 14.4 Å². The Labute approximate surface area is 215 Å². The van der Waals surface area contributed by atoms with Gasteiger partial charge < -0.3 is 10.2 Å². The maximum atomic E-state index is 13.9. The van der Waals surface area contributed by atoms with E-state index in [0.717, 1.165) is 36.8 Å². The highest BCUT2D eigenvalue weighted by atomic mass is 16.3. The number of nitrogens with zero attached hydrogens (tertiary/aromatic N) is 2. The first-order chi connectivity index (χ1) is 18.1. The molecule has 1 aliphatic heterocycles. The molecule has 0 aromatic heterocycles. The number of nitroso groups, excluding NO2 is 1. The number of hydrogen-bond acceptors (Lipinski definition) is 4. The molecule has 1 aliphatic carbocycles. The number of fused-ring (bicyclic) bond motifs is 1. The van der Waals surface area contributed by atoms with Crippen LogP contribution >= 0.6 is 0 Å². The van der Waals surface area contributed by atoms with Crippen LogP contribution in [0.1, 0.15) is 75.0 Å². The summed E-state index contributed by atoms with van der Waals surface area (Å²) >= 11 is 0. The van der Waals surface area contributed by atoms with Gasteiger partial charge in [-0.3, -0.25) is 14.4 Å². The maximum absolute atomic E-state index is 13.9. The van der Waals surface area contributed by atoms with Gasteiger partial charge in [-0.1, -0.05) is 73.5 Å². The molecule has 5 rings (SSSR count). The Kier molecular flexibility index (Phi) is 7.21. The Bertz CT molecular complexity index is 1300. The van der Waals surface area contributed by atoms with Crippen LogP contribution in [0.4, 0.5) is 0 Å². The Morgan fingerprint density at radius 1 is 0.892 bits per heavy atom. The van der Waals surface area contributed by atoms with Crippen LogP contribution in [0, 0.1) is 4.91 Å². The van der Waals surface area contributed by atoms with E-state index in [-0.39, 0.29) is 23.4 Å². The van der Waals surface area contributed by atoms with Gasteiger partial charge in [-0.05, 0) is 54.2 Å². The van der Waals surface area contributed by atoms with E-state index >= 15 is 0 Å². The van der Waals surface area contributed by atoms with Crippen molar-refractivity contribution in [2.75, 3.05) is 6.54 Å². The van der Waals surface area contributed by atoms with Gasteiger partial charge in [0.05, 0.1) is 12.0 Å². The molecular weight excluding hydrogens is 466 g/mol. The summed E-state index contributed by atoms with van der Waals surface area (Å²) in [5.41, 5.74) is 3.33. The monoisotopic (exact) mass is 495 g/mol. The molecule has 3 aromatic rings. The van der Waals surface area contributed by atoms with Crippen LogP contribution in [0.2, 0.25) is 0 Å². The predicted molar refractivity (Wildman–Crippen MR) is 140 cm³/mol. The Morgan fingerprint density at radius 2 is 1.57 bits per heavy atom. The van der Waals surface area contributed by atoms with E-state index in [2.05, 4.69) is 10.5 Å².